The van der Waals surface area contributed by atoms with Gasteiger partial charge in [-0.1, -0.05) is 18.2 Å². The van der Waals surface area contributed by atoms with Gasteiger partial charge in [-0.2, -0.15) is 0 Å². The van der Waals surface area contributed by atoms with Crippen molar-refractivity contribution in [2.45, 2.75) is 25.8 Å². The molecule has 1 atom stereocenters. The van der Waals surface area contributed by atoms with E-state index in [4.69, 9.17) is 4.74 Å². The second kappa shape index (κ2) is 7.23. The fourth-order valence-corrected chi connectivity index (χ4v) is 2.79. The van der Waals surface area contributed by atoms with Crippen molar-refractivity contribution in [2.75, 3.05) is 13.1 Å². The van der Waals surface area contributed by atoms with Gasteiger partial charge in [0, 0.05) is 24.7 Å². The average molecular weight is 366 g/mol. The maximum Gasteiger partial charge on any atom is 0.573 e. The van der Waals surface area contributed by atoms with Gasteiger partial charge in [-0.25, -0.2) is 4.98 Å². The fourth-order valence-electron chi connectivity index (χ4n) is 2.79. The van der Waals surface area contributed by atoms with Crippen LogP contribution in [0, 0.1) is 6.92 Å². The van der Waals surface area contributed by atoms with E-state index < -0.39 is 18.0 Å². The lowest BCUT2D eigenvalue weighted by Gasteiger charge is -2.19. The Balaban J connectivity index is 1.68. The Labute approximate surface area is 148 Å². The topological polar surface area (TPSA) is 51.7 Å². The average Bonchev–Trinajstić information content (AvgIpc) is 3.02. The Morgan fingerprint density at radius 2 is 1.96 bits per heavy atom. The standard InChI is InChI=1S/C18H17F3N2O3/c1-12-5-4-8-16(22-12)25-13-9-10-23(11-13)17(24)14-6-2-3-7-15(14)26-18(19,20)21/h2-8,13H,9-11H2,1H3/t13-/m1/s1. The summed E-state index contributed by atoms with van der Waals surface area (Å²) in [6.07, 6.45) is -4.54. The molecule has 26 heavy (non-hydrogen) atoms. The minimum atomic E-state index is -4.86. The highest BCUT2D eigenvalue weighted by Crippen LogP contribution is 2.28. The van der Waals surface area contributed by atoms with Crippen molar-refractivity contribution >= 4 is 5.91 Å². The number of aryl methyl sites for hydroxylation is 1. The van der Waals surface area contributed by atoms with Crippen LogP contribution >= 0.6 is 0 Å². The summed E-state index contributed by atoms with van der Waals surface area (Å²) in [6.45, 7) is 2.50. The summed E-state index contributed by atoms with van der Waals surface area (Å²) in [5.74, 6) is -0.562. The number of amides is 1. The molecular formula is C18H17F3N2O3. The lowest BCUT2D eigenvalue weighted by atomic mass is 10.2. The molecule has 8 heteroatoms. The summed E-state index contributed by atoms with van der Waals surface area (Å²) in [5.41, 5.74) is 0.686. The number of benzene rings is 1. The van der Waals surface area contributed by atoms with E-state index in [1.165, 1.54) is 23.1 Å². The maximum atomic E-state index is 12.6. The van der Waals surface area contributed by atoms with E-state index in [9.17, 15) is 18.0 Å². The zero-order chi connectivity index (χ0) is 18.7. The van der Waals surface area contributed by atoms with Gasteiger partial charge >= 0.3 is 6.36 Å². The molecule has 3 rings (SSSR count). The molecule has 0 bridgehead atoms. The molecule has 1 aliphatic rings. The third-order valence-electron chi connectivity index (χ3n) is 3.93. The summed E-state index contributed by atoms with van der Waals surface area (Å²) in [7, 11) is 0. The van der Waals surface area contributed by atoms with Gasteiger partial charge in [0.05, 0.1) is 12.1 Å². The molecule has 1 aromatic carbocycles. The number of alkyl halides is 3. The molecular weight excluding hydrogens is 349 g/mol. The molecule has 1 saturated heterocycles. The highest BCUT2D eigenvalue weighted by atomic mass is 19.4. The minimum absolute atomic E-state index is 0.126. The normalized spacial score (nSPS) is 17.2. The van der Waals surface area contributed by atoms with Gasteiger partial charge in [0.1, 0.15) is 11.9 Å². The van der Waals surface area contributed by atoms with Crippen molar-refractivity contribution in [3.8, 4) is 11.6 Å². The zero-order valence-electron chi connectivity index (χ0n) is 14.0. The molecule has 0 spiro atoms. The van der Waals surface area contributed by atoms with Gasteiger partial charge in [0.15, 0.2) is 0 Å². The third kappa shape index (κ3) is 4.44. The van der Waals surface area contributed by atoms with Crippen LogP contribution in [-0.4, -0.2) is 41.3 Å². The van der Waals surface area contributed by atoms with Gasteiger partial charge in [0.25, 0.3) is 5.91 Å². The number of hydrogen-bond acceptors (Lipinski definition) is 4. The molecule has 0 saturated carbocycles. The molecule has 1 amide bonds. The second-order valence-electron chi connectivity index (χ2n) is 5.94. The molecule has 0 unspecified atom stereocenters. The van der Waals surface area contributed by atoms with Gasteiger partial charge in [-0.3, -0.25) is 4.79 Å². The van der Waals surface area contributed by atoms with E-state index in [-0.39, 0.29) is 18.2 Å². The number of aromatic nitrogens is 1. The predicted molar refractivity (Wildman–Crippen MR) is 87.0 cm³/mol. The highest BCUT2D eigenvalue weighted by molar-refractivity contribution is 5.97. The predicted octanol–water partition coefficient (Wildman–Crippen LogP) is 3.58. The highest BCUT2D eigenvalue weighted by Gasteiger charge is 2.35. The first-order chi connectivity index (χ1) is 12.3. The maximum absolute atomic E-state index is 12.6. The molecule has 1 aromatic heterocycles. The van der Waals surface area contributed by atoms with Gasteiger partial charge in [-0.05, 0) is 25.1 Å². The molecule has 5 nitrogen and oxygen atoms in total. The van der Waals surface area contributed by atoms with E-state index in [1.807, 2.05) is 19.1 Å². The molecule has 0 N–H and O–H groups in total. The Morgan fingerprint density at radius 1 is 1.19 bits per heavy atom. The zero-order valence-corrected chi connectivity index (χ0v) is 14.0. The van der Waals surface area contributed by atoms with Crippen LogP contribution in [0.15, 0.2) is 42.5 Å². The van der Waals surface area contributed by atoms with Crippen LogP contribution in [0.5, 0.6) is 11.6 Å². The molecule has 0 aliphatic carbocycles. The number of pyridine rings is 1. The van der Waals surface area contributed by atoms with Gasteiger partial charge in [0.2, 0.25) is 5.88 Å². The summed E-state index contributed by atoms with van der Waals surface area (Å²) in [5, 5.41) is 0. The summed E-state index contributed by atoms with van der Waals surface area (Å²) in [6, 6.07) is 10.7. The number of para-hydroxylation sites is 1. The van der Waals surface area contributed by atoms with Crippen LogP contribution in [0.25, 0.3) is 0 Å². The van der Waals surface area contributed by atoms with E-state index in [2.05, 4.69) is 9.72 Å². The van der Waals surface area contributed by atoms with E-state index >= 15 is 0 Å². The quantitative estimate of drug-likeness (QED) is 0.830. The van der Waals surface area contributed by atoms with E-state index in [1.54, 1.807) is 6.07 Å². The Bertz CT molecular complexity index is 795. The summed E-state index contributed by atoms with van der Waals surface area (Å²) in [4.78, 5) is 18.3. The number of nitrogens with zero attached hydrogens (tertiary/aromatic N) is 2. The number of likely N-dealkylation sites (tertiary alicyclic amines) is 1. The van der Waals surface area contributed by atoms with E-state index in [0.29, 0.717) is 18.8 Å². The third-order valence-corrected chi connectivity index (χ3v) is 3.93. The Kier molecular flexibility index (Phi) is 5.01. The molecule has 2 aromatic rings. The van der Waals surface area contributed by atoms with Gasteiger partial charge < -0.3 is 14.4 Å². The largest absolute Gasteiger partial charge is 0.573 e. The summed E-state index contributed by atoms with van der Waals surface area (Å²) >= 11 is 0. The molecule has 0 radical (unpaired) electrons. The van der Waals surface area contributed by atoms with Crippen LogP contribution in [0.4, 0.5) is 13.2 Å². The first-order valence-corrected chi connectivity index (χ1v) is 8.06. The first kappa shape index (κ1) is 18.0. The van der Waals surface area contributed by atoms with Crippen LogP contribution in [-0.2, 0) is 0 Å². The number of ether oxygens (including phenoxy) is 2. The lowest BCUT2D eigenvalue weighted by Crippen LogP contribution is -2.32. The number of carbonyl (C=O) groups is 1. The Morgan fingerprint density at radius 3 is 2.69 bits per heavy atom. The lowest BCUT2D eigenvalue weighted by molar-refractivity contribution is -0.274. The van der Waals surface area contributed by atoms with Crippen molar-refractivity contribution < 1.29 is 27.4 Å². The number of rotatable bonds is 4. The molecule has 1 aliphatic heterocycles. The van der Waals surface area contributed by atoms with E-state index in [0.717, 1.165) is 11.8 Å². The number of hydrogen-bond donors (Lipinski definition) is 0. The molecule has 1 fully saturated rings. The van der Waals surface area contributed by atoms with Crippen molar-refractivity contribution in [3.63, 3.8) is 0 Å². The smallest absolute Gasteiger partial charge is 0.472 e. The fraction of sp³-hybridized carbons (Fsp3) is 0.333. The Hall–Kier alpha value is -2.77. The van der Waals surface area contributed by atoms with Crippen LogP contribution < -0.4 is 9.47 Å². The van der Waals surface area contributed by atoms with Crippen molar-refractivity contribution in [1.29, 1.82) is 0 Å². The van der Waals surface area contributed by atoms with Crippen LogP contribution in [0.3, 0.4) is 0 Å². The number of halogens is 3. The molecule has 138 valence electrons. The minimum Gasteiger partial charge on any atom is -0.472 e. The monoisotopic (exact) mass is 366 g/mol. The first-order valence-electron chi connectivity index (χ1n) is 8.06. The van der Waals surface area contributed by atoms with Crippen molar-refractivity contribution in [2.24, 2.45) is 0 Å². The van der Waals surface area contributed by atoms with Crippen molar-refractivity contribution in [1.82, 2.24) is 9.88 Å². The number of carbonyl (C=O) groups excluding carboxylic acids is 1. The summed E-state index contributed by atoms with van der Waals surface area (Å²) < 4.78 is 47.3. The van der Waals surface area contributed by atoms with Crippen LogP contribution in [0.1, 0.15) is 22.5 Å². The second-order valence-corrected chi connectivity index (χ2v) is 5.94. The van der Waals surface area contributed by atoms with Gasteiger partial charge in [-0.15, -0.1) is 13.2 Å². The SMILES string of the molecule is Cc1cccc(O[C@@H]2CCN(C(=O)c3ccccc3OC(F)(F)F)C2)n1. The van der Waals surface area contributed by atoms with Crippen molar-refractivity contribution in [3.05, 3.63) is 53.7 Å². The van der Waals surface area contributed by atoms with Crippen LogP contribution in [0.2, 0.25) is 0 Å². The molecule has 2 heterocycles.